The summed E-state index contributed by atoms with van der Waals surface area (Å²) in [5.41, 5.74) is 2.46. The van der Waals surface area contributed by atoms with Crippen molar-refractivity contribution in [3.8, 4) is 28.7 Å². The number of rotatable bonds is 10. The first-order valence-electron chi connectivity index (χ1n) is 12.9. The highest BCUT2D eigenvalue weighted by Crippen LogP contribution is 2.30. The molecule has 8 nitrogen and oxygen atoms in total. The largest absolute Gasteiger partial charge is 0.485 e. The standard InChI is InChI=1S/C32H31N3O5S/c1-32(2,3)35-41(37,38)30-12-8-7-11-27(30)25-14-16-26(17-15-25)34-31(36)22-40-29-19-24(20-33)13-18-28(29)39-21-23-9-5-4-6-10-23/h4-19,35H,21-22H2,1-3H3,(H,34,36). The van der Waals surface area contributed by atoms with Crippen LogP contribution in [0, 0.1) is 11.3 Å². The molecule has 0 aliphatic heterocycles. The minimum atomic E-state index is -3.76. The summed E-state index contributed by atoms with van der Waals surface area (Å²) in [5, 5.41) is 12.1. The lowest BCUT2D eigenvalue weighted by molar-refractivity contribution is -0.118. The number of nitriles is 1. The highest BCUT2D eigenvalue weighted by Gasteiger charge is 2.24. The van der Waals surface area contributed by atoms with E-state index < -0.39 is 21.5 Å². The van der Waals surface area contributed by atoms with E-state index in [1.54, 1.807) is 81.4 Å². The van der Waals surface area contributed by atoms with Crippen molar-refractivity contribution >= 4 is 21.6 Å². The van der Waals surface area contributed by atoms with Crippen LogP contribution in [-0.2, 0) is 21.4 Å². The molecule has 0 atom stereocenters. The van der Waals surface area contributed by atoms with E-state index in [2.05, 4.69) is 16.1 Å². The predicted molar refractivity (Wildman–Crippen MR) is 158 cm³/mol. The Bertz CT molecular complexity index is 1660. The zero-order valence-electron chi connectivity index (χ0n) is 23.0. The Balaban J connectivity index is 1.42. The fourth-order valence-corrected chi connectivity index (χ4v) is 5.67. The Kier molecular flexibility index (Phi) is 9.07. The van der Waals surface area contributed by atoms with Gasteiger partial charge in [-0.15, -0.1) is 0 Å². The Morgan fingerprint density at radius 1 is 0.854 bits per heavy atom. The molecule has 41 heavy (non-hydrogen) atoms. The number of hydrogen-bond acceptors (Lipinski definition) is 6. The average molecular weight is 570 g/mol. The van der Waals surface area contributed by atoms with Gasteiger partial charge in [-0.05, 0) is 62.2 Å². The van der Waals surface area contributed by atoms with Crippen LogP contribution in [0.25, 0.3) is 11.1 Å². The van der Waals surface area contributed by atoms with Gasteiger partial charge in [-0.1, -0.05) is 60.7 Å². The molecule has 0 heterocycles. The van der Waals surface area contributed by atoms with Crippen LogP contribution in [0.1, 0.15) is 31.9 Å². The van der Waals surface area contributed by atoms with Gasteiger partial charge in [0.05, 0.1) is 16.5 Å². The molecule has 0 unspecified atom stereocenters. The van der Waals surface area contributed by atoms with Gasteiger partial charge in [0, 0.05) is 22.9 Å². The molecule has 210 valence electrons. The fourth-order valence-electron chi connectivity index (χ4n) is 4.02. The summed E-state index contributed by atoms with van der Waals surface area (Å²) in [6.07, 6.45) is 0. The van der Waals surface area contributed by atoms with E-state index >= 15 is 0 Å². The summed E-state index contributed by atoms with van der Waals surface area (Å²) >= 11 is 0. The predicted octanol–water partition coefficient (Wildman–Crippen LogP) is 5.90. The summed E-state index contributed by atoms with van der Waals surface area (Å²) in [6, 6.07) is 30.1. The van der Waals surface area contributed by atoms with Gasteiger partial charge in [0.2, 0.25) is 10.0 Å². The summed E-state index contributed by atoms with van der Waals surface area (Å²) < 4.78 is 40.3. The number of nitrogens with zero attached hydrogens (tertiary/aromatic N) is 1. The van der Waals surface area contributed by atoms with E-state index in [0.717, 1.165) is 5.56 Å². The molecule has 0 bridgehead atoms. The smallest absolute Gasteiger partial charge is 0.262 e. The molecular weight excluding hydrogens is 538 g/mol. The quantitative estimate of drug-likeness (QED) is 0.246. The number of amides is 1. The van der Waals surface area contributed by atoms with Gasteiger partial charge in [-0.2, -0.15) is 5.26 Å². The maximum Gasteiger partial charge on any atom is 0.262 e. The van der Waals surface area contributed by atoms with Crippen LogP contribution < -0.4 is 19.5 Å². The third kappa shape index (κ3) is 8.18. The van der Waals surface area contributed by atoms with Gasteiger partial charge in [-0.25, -0.2) is 13.1 Å². The zero-order valence-corrected chi connectivity index (χ0v) is 23.9. The monoisotopic (exact) mass is 569 g/mol. The molecule has 0 aromatic heterocycles. The normalized spacial score (nSPS) is 11.4. The summed E-state index contributed by atoms with van der Waals surface area (Å²) in [6.45, 7) is 5.35. The second-order valence-electron chi connectivity index (χ2n) is 10.3. The molecule has 0 fully saturated rings. The van der Waals surface area contributed by atoms with Gasteiger partial charge < -0.3 is 14.8 Å². The first kappa shape index (κ1) is 29.3. The average Bonchev–Trinajstić information content (AvgIpc) is 2.95. The number of ether oxygens (including phenoxy) is 2. The van der Waals surface area contributed by atoms with E-state index in [4.69, 9.17) is 9.47 Å². The van der Waals surface area contributed by atoms with Gasteiger partial charge in [0.25, 0.3) is 5.91 Å². The minimum Gasteiger partial charge on any atom is -0.485 e. The Labute approximate surface area is 240 Å². The molecule has 0 radical (unpaired) electrons. The van der Waals surface area contributed by atoms with Crippen LogP contribution in [0.4, 0.5) is 5.69 Å². The SMILES string of the molecule is CC(C)(C)NS(=O)(=O)c1ccccc1-c1ccc(NC(=O)COc2cc(C#N)ccc2OCc2ccccc2)cc1. The number of carbonyl (C=O) groups is 1. The molecule has 0 aliphatic carbocycles. The second kappa shape index (κ2) is 12.7. The van der Waals surface area contributed by atoms with Crippen molar-refractivity contribution in [3.05, 3.63) is 108 Å². The van der Waals surface area contributed by atoms with Crippen LogP contribution in [0.3, 0.4) is 0 Å². The molecule has 4 aromatic carbocycles. The van der Waals surface area contributed by atoms with Gasteiger partial charge in [0.1, 0.15) is 6.61 Å². The van der Waals surface area contributed by atoms with Crippen molar-refractivity contribution in [2.45, 2.75) is 37.8 Å². The maximum absolute atomic E-state index is 13.0. The molecule has 1 amide bonds. The molecule has 2 N–H and O–H groups in total. The molecule has 0 saturated carbocycles. The lowest BCUT2D eigenvalue weighted by Crippen LogP contribution is -2.40. The summed E-state index contributed by atoms with van der Waals surface area (Å²) in [4.78, 5) is 12.8. The van der Waals surface area contributed by atoms with Gasteiger partial charge >= 0.3 is 0 Å². The Morgan fingerprint density at radius 3 is 2.22 bits per heavy atom. The molecule has 4 rings (SSSR count). The number of carbonyl (C=O) groups excluding carboxylic acids is 1. The number of sulfonamides is 1. The van der Waals surface area contributed by atoms with Crippen LogP contribution in [0.15, 0.2) is 102 Å². The van der Waals surface area contributed by atoms with Crippen molar-refractivity contribution in [2.24, 2.45) is 0 Å². The summed E-state index contributed by atoms with van der Waals surface area (Å²) in [7, 11) is -3.76. The van der Waals surface area contributed by atoms with E-state index in [9.17, 15) is 18.5 Å². The van der Waals surface area contributed by atoms with E-state index in [-0.39, 0.29) is 17.3 Å². The van der Waals surface area contributed by atoms with Crippen molar-refractivity contribution < 1.29 is 22.7 Å². The number of nitrogens with one attached hydrogen (secondary N) is 2. The molecule has 4 aromatic rings. The topological polar surface area (TPSA) is 118 Å². The first-order valence-corrected chi connectivity index (χ1v) is 14.4. The minimum absolute atomic E-state index is 0.171. The van der Waals surface area contributed by atoms with Crippen molar-refractivity contribution in [2.75, 3.05) is 11.9 Å². The highest BCUT2D eigenvalue weighted by molar-refractivity contribution is 7.89. The van der Waals surface area contributed by atoms with Crippen LogP contribution >= 0.6 is 0 Å². The molecular formula is C32H31N3O5S. The fraction of sp³-hybridized carbons (Fsp3) is 0.188. The highest BCUT2D eigenvalue weighted by atomic mass is 32.2. The number of anilines is 1. The molecule has 9 heteroatoms. The lowest BCUT2D eigenvalue weighted by atomic mass is 10.1. The Morgan fingerprint density at radius 2 is 1.54 bits per heavy atom. The zero-order chi connectivity index (χ0) is 29.5. The lowest BCUT2D eigenvalue weighted by Gasteiger charge is -2.21. The van der Waals surface area contributed by atoms with E-state index in [0.29, 0.717) is 34.7 Å². The van der Waals surface area contributed by atoms with Gasteiger partial charge in [0.15, 0.2) is 18.1 Å². The van der Waals surface area contributed by atoms with Crippen LogP contribution in [-0.4, -0.2) is 26.5 Å². The van der Waals surface area contributed by atoms with Crippen LogP contribution in [0.2, 0.25) is 0 Å². The van der Waals surface area contributed by atoms with E-state index in [1.807, 2.05) is 30.3 Å². The Hall–Kier alpha value is -4.65. The first-order chi connectivity index (χ1) is 19.5. The number of benzene rings is 4. The van der Waals surface area contributed by atoms with E-state index in [1.165, 1.54) is 6.07 Å². The third-order valence-electron chi connectivity index (χ3n) is 5.77. The second-order valence-corrected chi connectivity index (χ2v) is 12.0. The van der Waals surface area contributed by atoms with Crippen molar-refractivity contribution in [1.29, 1.82) is 5.26 Å². The molecule has 0 aliphatic rings. The van der Waals surface area contributed by atoms with Crippen LogP contribution in [0.5, 0.6) is 11.5 Å². The van der Waals surface area contributed by atoms with Crippen molar-refractivity contribution in [1.82, 2.24) is 4.72 Å². The molecule has 0 saturated heterocycles. The van der Waals surface area contributed by atoms with Gasteiger partial charge in [-0.3, -0.25) is 4.79 Å². The van der Waals surface area contributed by atoms with Crippen molar-refractivity contribution in [3.63, 3.8) is 0 Å². The number of hydrogen-bond donors (Lipinski definition) is 2. The molecule has 0 spiro atoms. The third-order valence-corrected chi connectivity index (χ3v) is 7.58. The summed E-state index contributed by atoms with van der Waals surface area (Å²) in [5.74, 6) is 0.290. The maximum atomic E-state index is 13.0.